The van der Waals surface area contributed by atoms with Crippen LogP contribution >= 0.6 is 0 Å². The number of guanidine groups is 1. The molecule has 0 aliphatic carbocycles. The summed E-state index contributed by atoms with van der Waals surface area (Å²) < 4.78 is 11.2. The zero-order chi connectivity index (χ0) is 20.1. The van der Waals surface area contributed by atoms with Gasteiger partial charge in [-0.25, -0.2) is 0 Å². The Morgan fingerprint density at radius 2 is 2.14 bits per heavy atom. The average molecular weight is 401 g/mol. The first-order valence-electron chi connectivity index (χ1n) is 11.2. The highest BCUT2D eigenvalue weighted by Gasteiger charge is 2.42. The predicted octanol–water partition coefficient (Wildman–Crippen LogP) is 2.91. The molecule has 2 atom stereocenters. The van der Waals surface area contributed by atoms with Gasteiger partial charge in [0.25, 0.3) is 0 Å². The molecule has 1 aromatic rings. The highest BCUT2D eigenvalue weighted by atomic mass is 16.5. The first kappa shape index (κ1) is 20.5. The van der Waals surface area contributed by atoms with E-state index in [2.05, 4.69) is 40.2 Å². The molecule has 3 fully saturated rings. The fourth-order valence-electron chi connectivity index (χ4n) is 5.02. The summed E-state index contributed by atoms with van der Waals surface area (Å²) in [5, 5.41) is 3.54. The molecule has 0 amide bonds. The molecule has 1 spiro atoms. The fourth-order valence-corrected chi connectivity index (χ4v) is 5.02. The van der Waals surface area contributed by atoms with E-state index in [4.69, 9.17) is 14.5 Å². The lowest BCUT2D eigenvalue weighted by molar-refractivity contribution is 0.156. The van der Waals surface area contributed by atoms with Gasteiger partial charge in [-0.15, -0.1) is 0 Å². The number of hydrogen-bond acceptors (Lipinski definition) is 4. The minimum atomic E-state index is 0.299. The van der Waals surface area contributed by atoms with Gasteiger partial charge in [-0.2, -0.15) is 0 Å². The van der Waals surface area contributed by atoms with E-state index in [-0.39, 0.29) is 0 Å². The quantitative estimate of drug-likeness (QED) is 0.588. The lowest BCUT2D eigenvalue weighted by Crippen LogP contribution is -2.42. The summed E-state index contributed by atoms with van der Waals surface area (Å²) in [6.45, 7) is 10.1. The molecule has 3 saturated heterocycles. The van der Waals surface area contributed by atoms with Crippen molar-refractivity contribution < 1.29 is 9.47 Å². The van der Waals surface area contributed by atoms with Crippen molar-refractivity contribution in [1.82, 2.24) is 15.1 Å². The maximum Gasteiger partial charge on any atom is 0.194 e. The molecule has 0 bridgehead atoms. The molecule has 1 aromatic carbocycles. The summed E-state index contributed by atoms with van der Waals surface area (Å²) in [6.07, 6.45) is 4.95. The van der Waals surface area contributed by atoms with Gasteiger partial charge in [0, 0.05) is 31.7 Å². The smallest absolute Gasteiger partial charge is 0.194 e. The van der Waals surface area contributed by atoms with Gasteiger partial charge in [0.2, 0.25) is 0 Å². The Morgan fingerprint density at radius 3 is 2.86 bits per heavy atom. The molecule has 3 heterocycles. The van der Waals surface area contributed by atoms with Crippen LogP contribution in [0.3, 0.4) is 0 Å². The van der Waals surface area contributed by atoms with E-state index in [1.165, 1.54) is 31.2 Å². The van der Waals surface area contributed by atoms with Gasteiger partial charge in [-0.05, 0) is 63.4 Å². The minimum absolute atomic E-state index is 0.299. The number of rotatable bonds is 6. The summed E-state index contributed by atoms with van der Waals surface area (Å²) in [4.78, 5) is 10.2. The number of likely N-dealkylation sites (tertiary alicyclic amines) is 2. The number of hydrogen-bond donors (Lipinski definition) is 1. The molecule has 6 nitrogen and oxygen atoms in total. The van der Waals surface area contributed by atoms with Crippen LogP contribution in [-0.4, -0.2) is 75.4 Å². The topological polar surface area (TPSA) is 49.3 Å². The molecule has 3 aliphatic rings. The van der Waals surface area contributed by atoms with Crippen LogP contribution in [0.25, 0.3) is 0 Å². The molecule has 0 saturated carbocycles. The molecule has 0 aromatic heterocycles. The van der Waals surface area contributed by atoms with E-state index in [0.29, 0.717) is 11.5 Å². The average Bonchev–Trinajstić information content (AvgIpc) is 3.51. The van der Waals surface area contributed by atoms with Crippen molar-refractivity contribution in [3.8, 4) is 5.75 Å². The van der Waals surface area contributed by atoms with Crippen LogP contribution in [0.2, 0.25) is 0 Å². The Bertz CT molecular complexity index is 696. The van der Waals surface area contributed by atoms with Gasteiger partial charge in [0.1, 0.15) is 5.75 Å². The number of benzene rings is 1. The molecule has 29 heavy (non-hydrogen) atoms. The van der Waals surface area contributed by atoms with Gasteiger partial charge >= 0.3 is 0 Å². The van der Waals surface area contributed by atoms with Crippen LogP contribution in [-0.2, 0) is 4.74 Å². The Balaban J connectivity index is 1.52. The number of nitrogens with one attached hydrogen (secondary N) is 1. The molecule has 4 rings (SSSR count). The normalized spacial score (nSPS) is 26.4. The predicted molar refractivity (Wildman–Crippen MR) is 117 cm³/mol. The van der Waals surface area contributed by atoms with E-state index in [0.717, 1.165) is 64.2 Å². The number of nitrogens with zero attached hydrogens (tertiary/aromatic N) is 3. The number of aliphatic imine (C=N–C) groups is 1. The van der Waals surface area contributed by atoms with Crippen molar-refractivity contribution in [1.29, 1.82) is 0 Å². The maximum atomic E-state index is 5.71. The molecular weight excluding hydrogens is 364 g/mol. The molecule has 3 aliphatic heterocycles. The lowest BCUT2D eigenvalue weighted by atomic mass is 9.87. The van der Waals surface area contributed by atoms with E-state index in [1.54, 1.807) is 7.11 Å². The third-order valence-electron chi connectivity index (χ3n) is 6.73. The number of methoxy groups -OCH3 is 1. The Hall–Kier alpha value is -1.79. The van der Waals surface area contributed by atoms with Crippen LogP contribution in [0.15, 0.2) is 29.3 Å². The molecule has 0 radical (unpaired) electrons. The largest absolute Gasteiger partial charge is 0.497 e. The van der Waals surface area contributed by atoms with Crippen LogP contribution in [0.4, 0.5) is 0 Å². The van der Waals surface area contributed by atoms with Crippen molar-refractivity contribution in [2.24, 2.45) is 10.4 Å². The minimum Gasteiger partial charge on any atom is -0.497 e. The first-order valence-corrected chi connectivity index (χ1v) is 11.2. The Kier molecular flexibility index (Phi) is 6.60. The van der Waals surface area contributed by atoms with Gasteiger partial charge in [0.15, 0.2) is 5.96 Å². The molecule has 6 heteroatoms. The van der Waals surface area contributed by atoms with Gasteiger partial charge < -0.3 is 19.7 Å². The van der Waals surface area contributed by atoms with E-state index >= 15 is 0 Å². The maximum absolute atomic E-state index is 5.71. The summed E-state index contributed by atoms with van der Waals surface area (Å²) in [7, 11) is 1.74. The third-order valence-corrected chi connectivity index (χ3v) is 6.73. The second-order valence-corrected chi connectivity index (χ2v) is 8.70. The van der Waals surface area contributed by atoms with Crippen LogP contribution < -0.4 is 10.1 Å². The Labute approximate surface area is 175 Å². The highest BCUT2D eigenvalue weighted by Crippen LogP contribution is 2.38. The van der Waals surface area contributed by atoms with Gasteiger partial charge in [0.05, 0.1) is 26.3 Å². The van der Waals surface area contributed by atoms with E-state index < -0.39 is 0 Å². The zero-order valence-corrected chi connectivity index (χ0v) is 18.0. The highest BCUT2D eigenvalue weighted by molar-refractivity contribution is 5.80. The van der Waals surface area contributed by atoms with Crippen LogP contribution in [0.5, 0.6) is 5.75 Å². The van der Waals surface area contributed by atoms with Crippen LogP contribution in [0, 0.1) is 5.41 Å². The molecular formula is C23H36N4O2. The first-order chi connectivity index (χ1) is 14.2. The molecule has 1 N–H and O–H groups in total. The lowest BCUT2D eigenvalue weighted by Gasteiger charge is -2.29. The molecule has 2 unspecified atom stereocenters. The van der Waals surface area contributed by atoms with Crippen molar-refractivity contribution in [3.63, 3.8) is 0 Å². The van der Waals surface area contributed by atoms with Crippen molar-refractivity contribution >= 4 is 5.96 Å². The summed E-state index contributed by atoms with van der Waals surface area (Å²) in [5.41, 5.74) is 1.64. The van der Waals surface area contributed by atoms with Gasteiger partial charge in [-0.3, -0.25) is 9.89 Å². The van der Waals surface area contributed by atoms with Gasteiger partial charge in [-0.1, -0.05) is 12.1 Å². The Morgan fingerprint density at radius 1 is 1.28 bits per heavy atom. The zero-order valence-electron chi connectivity index (χ0n) is 18.0. The van der Waals surface area contributed by atoms with E-state index in [9.17, 15) is 0 Å². The second kappa shape index (κ2) is 9.35. The second-order valence-electron chi connectivity index (χ2n) is 8.70. The van der Waals surface area contributed by atoms with Crippen molar-refractivity contribution in [3.05, 3.63) is 29.8 Å². The third kappa shape index (κ3) is 4.69. The van der Waals surface area contributed by atoms with Crippen molar-refractivity contribution in [2.75, 3.05) is 59.6 Å². The number of ether oxygens (including phenoxy) is 2. The summed E-state index contributed by atoms with van der Waals surface area (Å²) in [6, 6.07) is 8.80. The fraction of sp³-hybridized carbons (Fsp3) is 0.696. The SMILES string of the molecule is CCNC(=NCC(c1cccc(OC)c1)N1CCCC1)N1CCC2(CCOC2)C1. The summed E-state index contributed by atoms with van der Waals surface area (Å²) >= 11 is 0. The van der Waals surface area contributed by atoms with Crippen molar-refractivity contribution in [2.45, 2.75) is 38.6 Å². The summed E-state index contributed by atoms with van der Waals surface area (Å²) in [5.74, 6) is 1.98. The van der Waals surface area contributed by atoms with E-state index in [1.807, 2.05) is 6.07 Å². The van der Waals surface area contributed by atoms with Crippen LogP contribution in [0.1, 0.15) is 44.2 Å². The standard InChI is InChI=1S/C23H36N4O2/c1-3-24-22(27-13-9-23(17-27)10-14-29-18-23)25-16-21(26-11-4-5-12-26)19-7-6-8-20(15-19)28-2/h6-8,15,21H,3-5,9-14,16-18H2,1-2H3,(H,24,25). The monoisotopic (exact) mass is 400 g/mol. The molecule has 160 valence electrons.